The molecule has 160 valence electrons. The van der Waals surface area contributed by atoms with Gasteiger partial charge in [-0.25, -0.2) is 9.18 Å². The van der Waals surface area contributed by atoms with E-state index in [1.165, 1.54) is 6.07 Å². The lowest BCUT2D eigenvalue weighted by Gasteiger charge is -2.32. The smallest absolute Gasteiger partial charge is 0.444 e. The van der Waals surface area contributed by atoms with E-state index in [2.05, 4.69) is 5.32 Å². The van der Waals surface area contributed by atoms with E-state index < -0.39 is 30.0 Å². The third-order valence-corrected chi connectivity index (χ3v) is 6.02. The summed E-state index contributed by atoms with van der Waals surface area (Å²) in [4.78, 5) is 12.3. The van der Waals surface area contributed by atoms with Crippen LogP contribution in [-0.4, -0.2) is 30.0 Å². The monoisotopic (exact) mass is 405 g/mol. The minimum absolute atomic E-state index is 0.274. The summed E-state index contributed by atoms with van der Waals surface area (Å²) in [6.07, 6.45) is 3.03. The van der Waals surface area contributed by atoms with Gasteiger partial charge in [-0.15, -0.1) is 0 Å². The van der Waals surface area contributed by atoms with Crippen molar-refractivity contribution >= 4 is 18.7 Å². The maximum Gasteiger partial charge on any atom is 0.497 e. The van der Waals surface area contributed by atoms with Crippen molar-refractivity contribution in [1.29, 1.82) is 0 Å². The Balaban J connectivity index is 1.88. The van der Waals surface area contributed by atoms with E-state index in [1.807, 2.05) is 54.5 Å². The van der Waals surface area contributed by atoms with Gasteiger partial charge in [-0.2, -0.15) is 0 Å². The second-order valence-corrected chi connectivity index (χ2v) is 10.1. The third kappa shape index (κ3) is 4.77. The van der Waals surface area contributed by atoms with Gasteiger partial charge < -0.3 is 19.4 Å². The Kier molecular flexibility index (Phi) is 5.78. The number of amides is 1. The summed E-state index contributed by atoms with van der Waals surface area (Å²) in [6, 6.07) is 3.11. The molecule has 1 saturated heterocycles. The maximum absolute atomic E-state index is 15.1. The van der Waals surface area contributed by atoms with Gasteiger partial charge in [0.15, 0.2) is 0 Å². The van der Waals surface area contributed by atoms with Crippen molar-refractivity contribution in [1.82, 2.24) is 5.32 Å². The first kappa shape index (κ1) is 22.1. The van der Waals surface area contributed by atoms with Gasteiger partial charge in [0.05, 0.1) is 17.2 Å². The fourth-order valence-electron chi connectivity index (χ4n) is 3.76. The van der Waals surface area contributed by atoms with Crippen molar-refractivity contribution in [3.05, 3.63) is 29.1 Å². The summed E-state index contributed by atoms with van der Waals surface area (Å²) < 4.78 is 32.6. The van der Waals surface area contributed by atoms with Crippen molar-refractivity contribution in [3.8, 4) is 0 Å². The second-order valence-electron chi connectivity index (χ2n) is 10.1. The van der Waals surface area contributed by atoms with Crippen molar-refractivity contribution in [3.63, 3.8) is 0 Å². The van der Waals surface area contributed by atoms with Gasteiger partial charge in [0.25, 0.3) is 0 Å². The predicted octanol–water partition coefficient (Wildman–Crippen LogP) is 4.42. The number of carbonyl (C=O) groups is 1. The number of ether oxygens (including phenoxy) is 1. The molecule has 1 aromatic rings. The largest absolute Gasteiger partial charge is 0.497 e. The van der Waals surface area contributed by atoms with Gasteiger partial charge in [-0.05, 0) is 84.9 Å². The van der Waals surface area contributed by atoms with Crippen molar-refractivity contribution in [2.24, 2.45) is 0 Å². The predicted molar refractivity (Wildman–Crippen MR) is 112 cm³/mol. The fourth-order valence-corrected chi connectivity index (χ4v) is 3.76. The van der Waals surface area contributed by atoms with E-state index >= 15 is 4.39 Å². The van der Waals surface area contributed by atoms with Gasteiger partial charge in [0.1, 0.15) is 11.4 Å². The molecule has 1 N–H and O–H groups in total. The molecule has 1 fully saturated rings. The first-order chi connectivity index (χ1) is 13.3. The number of fused-ring (bicyclic) bond motifs is 1. The Labute approximate surface area is 173 Å². The van der Waals surface area contributed by atoms with E-state index in [1.54, 1.807) is 0 Å². The van der Waals surface area contributed by atoms with E-state index in [4.69, 9.17) is 14.0 Å². The van der Waals surface area contributed by atoms with Crippen LogP contribution in [0.25, 0.3) is 0 Å². The number of alkyl carbamates (subject to hydrolysis) is 1. The highest BCUT2D eigenvalue weighted by Crippen LogP contribution is 2.37. The highest BCUT2D eigenvalue weighted by atomic mass is 19.1. The highest BCUT2D eigenvalue weighted by Gasteiger charge is 2.52. The van der Waals surface area contributed by atoms with E-state index in [-0.39, 0.29) is 11.9 Å². The van der Waals surface area contributed by atoms with Gasteiger partial charge in [0.2, 0.25) is 0 Å². The molecule has 0 spiro atoms. The minimum Gasteiger partial charge on any atom is -0.444 e. The van der Waals surface area contributed by atoms with E-state index in [9.17, 15) is 4.79 Å². The molecule has 5 nitrogen and oxygen atoms in total. The molecule has 3 rings (SSSR count). The molecule has 0 saturated carbocycles. The van der Waals surface area contributed by atoms with Gasteiger partial charge in [-0.3, -0.25) is 0 Å². The van der Waals surface area contributed by atoms with Crippen molar-refractivity contribution in [2.45, 2.75) is 97.0 Å². The van der Waals surface area contributed by atoms with Crippen LogP contribution in [0.3, 0.4) is 0 Å². The van der Waals surface area contributed by atoms with Crippen LogP contribution in [0.2, 0.25) is 0 Å². The number of rotatable bonds is 2. The van der Waals surface area contributed by atoms with Crippen LogP contribution in [0.15, 0.2) is 12.1 Å². The number of aryl methyl sites for hydroxylation is 1. The molecule has 1 aliphatic carbocycles. The first-order valence-corrected chi connectivity index (χ1v) is 10.5. The van der Waals surface area contributed by atoms with Crippen LogP contribution in [0, 0.1) is 5.82 Å². The summed E-state index contributed by atoms with van der Waals surface area (Å²) in [5, 5.41) is 2.92. The summed E-state index contributed by atoms with van der Waals surface area (Å²) in [5.74, 6) is -0.375. The molecule has 0 bridgehead atoms. The van der Waals surface area contributed by atoms with Crippen molar-refractivity contribution < 1.29 is 23.2 Å². The van der Waals surface area contributed by atoms with E-state index in [0.717, 1.165) is 36.8 Å². The van der Waals surface area contributed by atoms with Gasteiger partial charge in [-0.1, -0.05) is 12.5 Å². The van der Waals surface area contributed by atoms with Crippen LogP contribution in [0.5, 0.6) is 0 Å². The summed E-state index contributed by atoms with van der Waals surface area (Å²) in [6.45, 7) is 13.3. The molecule has 7 heteroatoms. The number of halogens is 1. The summed E-state index contributed by atoms with van der Waals surface area (Å²) >= 11 is 0. The molecule has 1 unspecified atom stereocenters. The number of hydrogen-bond donors (Lipinski definition) is 1. The van der Waals surface area contributed by atoms with E-state index in [0.29, 0.717) is 5.46 Å². The van der Waals surface area contributed by atoms with Gasteiger partial charge in [0, 0.05) is 5.46 Å². The molecule has 0 radical (unpaired) electrons. The van der Waals surface area contributed by atoms with Crippen LogP contribution >= 0.6 is 0 Å². The molecule has 2 aliphatic rings. The summed E-state index contributed by atoms with van der Waals surface area (Å²) in [7, 11) is -0.745. The van der Waals surface area contributed by atoms with Crippen LogP contribution in [-0.2, 0) is 20.5 Å². The maximum atomic E-state index is 15.1. The first-order valence-electron chi connectivity index (χ1n) is 10.5. The zero-order chi connectivity index (χ0) is 21.6. The average Bonchev–Trinajstić information content (AvgIpc) is 2.67. The Morgan fingerprint density at radius 3 is 2.38 bits per heavy atom. The average molecular weight is 405 g/mol. The Bertz CT molecular complexity index is 772. The zero-order valence-electron chi connectivity index (χ0n) is 18.6. The second kappa shape index (κ2) is 7.58. The molecule has 1 aromatic carbocycles. The normalized spacial score (nSPS) is 23.3. The fraction of sp³-hybridized carbons (Fsp3) is 0.682. The number of hydrogen-bond acceptors (Lipinski definition) is 4. The molecule has 29 heavy (non-hydrogen) atoms. The Morgan fingerprint density at radius 2 is 1.79 bits per heavy atom. The lowest BCUT2D eigenvalue weighted by atomic mass is 9.76. The topological polar surface area (TPSA) is 56.8 Å². The number of carbonyl (C=O) groups excluding carboxylic acids is 1. The Morgan fingerprint density at radius 1 is 1.17 bits per heavy atom. The van der Waals surface area contributed by atoms with Crippen molar-refractivity contribution in [2.75, 3.05) is 0 Å². The van der Waals surface area contributed by atoms with Crippen LogP contribution < -0.4 is 10.8 Å². The Hall–Kier alpha value is -1.60. The molecule has 1 atom stereocenters. The summed E-state index contributed by atoms with van der Waals surface area (Å²) in [5.41, 5.74) is 0.611. The van der Waals surface area contributed by atoms with Crippen LogP contribution in [0.1, 0.15) is 84.9 Å². The molecule has 1 amide bonds. The standard InChI is InChI=1S/C22H33BFNO4/c1-20(2,3)27-19(26)25-18-11-9-8-10-14-12-16(17(24)13-15(14)18)23-28-21(4,5)22(6,7)29-23/h12-13,18H,8-11H2,1-7H3,(H,25,26). The molecule has 1 aliphatic heterocycles. The molecular formula is C22H33BFNO4. The third-order valence-electron chi connectivity index (χ3n) is 6.02. The SMILES string of the molecule is CC(C)(C)OC(=O)NC1CCCCc2cc(B3OC(C)(C)C(C)(C)O3)c(F)cc21. The molecule has 1 heterocycles. The number of benzene rings is 1. The quantitative estimate of drug-likeness (QED) is 0.585. The zero-order valence-corrected chi connectivity index (χ0v) is 18.6. The minimum atomic E-state index is -0.745. The lowest BCUT2D eigenvalue weighted by Crippen LogP contribution is -2.41. The molecular weight excluding hydrogens is 372 g/mol. The highest BCUT2D eigenvalue weighted by molar-refractivity contribution is 6.62. The molecule has 0 aromatic heterocycles. The number of nitrogens with one attached hydrogen (secondary N) is 1. The van der Waals surface area contributed by atoms with Gasteiger partial charge >= 0.3 is 13.2 Å². The lowest BCUT2D eigenvalue weighted by molar-refractivity contribution is 0.00578. The van der Waals surface area contributed by atoms with Crippen LogP contribution in [0.4, 0.5) is 9.18 Å².